The summed E-state index contributed by atoms with van der Waals surface area (Å²) in [5.74, 6) is -0.00861. The predicted octanol–water partition coefficient (Wildman–Crippen LogP) is 4.73. The van der Waals surface area contributed by atoms with E-state index in [2.05, 4.69) is 5.32 Å². The molecule has 0 saturated carbocycles. The van der Waals surface area contributed by atoms with Gasteiger partial charge < -0.3 is 5.32 Å². The number of benzene rings is 3. The molecule has 1 heterocycles. The normalized spacial score (nSPS) is 10.9. The van der Waals surface area contributed by atoms with Crippen molar-refractivity contribution in [1.82, 2.24) is 9.55 Å². The lowest BCUT2D eigenvalue weighted by Crippen LogP contribution is -2.23. The Morgan fingerprint density at radius 3 is 2.50 bits per heavy atom. The topological polar surface area (TPSA) is 64.0 Å². The van der Waals surface area contributed by atoms with Gasteiger partial charge in [0.1, 0.15) is 0 Å². The number of hydrogen-bond acceptors (Lipinski definition) is 4. The van der Waals surface area contributed by atoms with Gasteiger partial charge in [0, 0.05) is 5.69 Å². The first-order valence-electron chi connectivity index (χ1n) is 9.60. The van der Waals surface area contributed by atoms with E-state index in [1.165, 1.54) is 11.8 Å². The highest BCUT2D eigenvalue weighted by atomic mass is 32.2. The van der Waals surface area contributed by atoms with Crippen molar-refractivity contribution in [3.63, 3.8) is 0 Å². The highest BCUT2D eigenvalue weighted by molar-refractivity contribution is 7.99. The molecule has 1 N–H and O–H groups in total. The first kappa shape index (κ1) is 19.9. The zero-order chi connectivity index (χ0) is 21.1. The summed E-state index contributed by atoms with van der Waals surface area (Å²) in [6.45, 7) is 3.99. The van der Waals surface area contributed by atoms with Crippen LogP contribution in [0.5, 0.6) is 0 Å². The van der Waals surface area contributed by atoms with Crippen LogP contribution < -0.4 is 10.9 Å². The van der Waals surface area contributed by atoms with Crippen molar-refractivity contribution >= 4 is 34.3 Å². The smallest absolute Gasteiger partial charge is 0.266 e. The van der Waals surface area contributed by atoms with Gasteiger partial charge in [0.25, 0.3) is 5.56 Å². The zero-order valence-corrected chi connectivity index (χ0v) is 17.6. The molecule has 150 valence electrons. The predicted molar refractivity (Wildman–Crippen MR) is 123 cm³/mol. The summed E-state index contributed by atoms with van der Waals surface area (Å²) in [6.07, 6.45) is 0. The summed E-state index contributed by atoms with van der Waals surface area (Å²) in [6, 6.07) is 22.5. The highest BCUT2D eigenvalue weighted by Crippen LogP contribution is 2.24. The molecule has 4 rings (SSSR count). The van der Waals surface area contributed by atoms with Crippen LogP contribution in [0.3, 0.4) is 0 Å². The number of para-hydroxylation sites is 2. The molecule has 1 amide bonds. The van der Waals surface area contributed by atoms with Crippen molar-refractivity contribution in [2.75, 3.05) is 11.1 Å². The van der Waals surface area contributed by atoms with Crippen LogP contribution in [0.2, 0.25) is 0 Å². The third-order valence-corrected chi connectivity index (χ3v) is 5.67. The average Bonchev–Trinajstić information content (AvgIpc) is 2.74. The third kappa shape index (κ3) is 4.14. The van der Waals surface area contributed by atoms with Crippen LogP contribution in [-0.2, 0) is 4.79 Å². The number of amides is 1. The summed E-state index contributed by atoms with van der Waals surface area (Å²) in [4.78, 5) is 30.5. The fourth-order valence-corrected chi connectivity index (χ4v) is 4.13. The van der Waals surface area contributed by atoms with Gasteiger partial charge in [-0.25, -0.2) is 4.98 Å². The maximum absolute atomic E-state index is 13.3. The lowest BCUT2D eigenvalue weighted by molar-refractivity contribution is -0.113. The molecule has 3 aromatic carbocycles. The van der Waals surface area contributed by atoms with E-state index in [-0.39, 0.29) is 17.2 Å². The second kappa shape index (κ2) is 8.55. The molecule has 0 radical (unpaired) electrons. The zero-order valence-electron chi connectivity index (χ0n) is 16.8. The van der Waals surface area contributed by atoms with Crippen LogP contribution in [0.15, 0.2) is 82.7 Å². The van der Waals surface area contributed by atoms with Crippen LogP contribution in [0, 0.1) is 13.8 Å². The van der Waals surface area contributed by atoms with Gasteiger partial charge in [0.15, 0.2) is 5.16 Å². The van der Waals surface area contributed by atoms with E-state index in [1.54, 1.807) is 10.6 Å². The summed E-state index contributed by atoms with van der Waals surface area (Å²) < 4.78 is 1.61. The standard InChI is InChI=1S/C24H21N3O2S/c1-16-12-13-21(17(2)14-16)27-23(29)19-10-6-7-11-20(19)26-24(27)30-15-22(28)25-18-8-4-3-5-9-18/h3-14H,15H2,1-2H3,(H,25,28). The average molecular weight is 416 g/mol. The van der Waals surface area contributed by atoms with Gasteiger partial charge >= 0.3 is 0 Å². The lowest BCUT2D eigenvalue weighted by Gasteiger charge is -2.15. The second-order valence-electron chi connectivity index (χ2n) is 7.04. The van der Waals surface area contributed by atoms with E-state index in [0.717, 1.165) is 22.5 Å². The number of carbonyl (C=O) groups excluding carboxylic acids is 1. The number of nitrogens with one attached hydrogen (secondary N) is 1. The summed E-state index contributed by atoms with van der Waals surface area (Å²) in [7, 11) is 0. The summed E-state index contributed by atoms with van der Waals surface area (Å²) in [5.41, 5.74) is 4.09. The highest BCUT2D eigenvalue weighted by Gasteiger charge is 2.16. The van der Waals surface area contributed by atoms with Crippen molar-refractivity contribution in [3.8, 4) is 5.69 Å². The van der Waals surface area contributed by atoms with Crippen LogP contribution in [0.25, 0.3) is 16.6 Å². The molecule has 30 heavy (non-hydrogen) atoms. The quantitative estimate of drug-likeness (QED) is 0.378. The van der Waals surface area contributed by atoms with Gasteiger partial charge in [-0.2, -0.15) is 0 Å². The maximum atomic E-state index is 13.3. The minimum atomic E-state index is -0.152. The lowest BCUT2D eigenvalue weighted by atomic mass is 10.1. The Balaban J connectivity index is 1.72. The Bertz CT molecular complexity index is 1280. The molecule has 0 fully saturated rings. The molecular formula is C24H21N3O2S. The molecule has 0 atom stereocenters. The number of aromatic nitrogens is 2. The molecule has 0 bridgehead atoms. The van der Waals surface area contributed by atoms with Crippen molar-refractivity contribution in [2.24, 2.45) is 0 Å². The van der Waals surface area contributed by atoms with Gasteiger partial charge in [-0.3, -0.25) is 14.2 Å². The van der Waals surface area contributed by atoms with E-state index in [0.29, 0.717) is 16.1 Å². The molecule has 6 heteroatoms. The Labute approximate surface area is 178 Å². The van der Waals surface area contributed by atoms with E-state index in [9.17, 15) is 9.59 Å². The van der Waals surface area contributed by atoms with E-state index in [4.69, 9.17) is 4.98 Å². The Morgan fingerprint density at radius 1 is 1.00 bits per heavy atom. The molecule has 0 saturated heterocycles. The number of anilines is 1. The first-order valence-corrected chi connectivity index (χ1v) is 10.6. The number of thioether (sulfide) groups is 1. The van der Waals surface area contributed by atoms with Gasteiger partial charge in [-0.05, 0) is 49.7 Å². The van der Waals surface area contributed by atoms with Crippen LogP contribution in [-0.4, -0.2) is 21.2 Å². The Morgan fingerprint density at radius 2 is 1.73 bits per heavy atom. The number of aryl methyl sites for hydroxylation is 2. The second-order valence-corrected chi connectivity index (χ2v) is 7.99. The monoisotopic (exact) mass is 415 g/mol. The largest absolute Gasteiger partial charge is 0.325 e. The third-order valence-electron chi connectivity index (χ3n) is 4.73. The Kier molecular flexibility index (Phi) is 5.68. The maximum Gasteiger partial charge on any atom is 0.266 e. The molecule has 5 nitrogen and oxygen atoms in total. The molecule has 0 spiro atoms. The molecule has 4 aromatic rings. The first-order chi connectivity index (χ1) is 14.5. The van der Waals surface area contributed by atoms with Gasteiger partial charge in [0.2, 0.25) is 5.91 Å². The fourth-order valence-electron chi connectivity index (χ4n) is 3.33. The fraction of sp³-hybridized carbons (Fsp3) is 0.125. The van der Waals surface area contributed by atoms with E-state index < -0.39 is 0 Å². The summed E-state index contributed by atoms with van der Waals surface area (Å²) in [5, 5.41) is 3.91. The van der Waals surface area contributed by atoms with Crippen molar-refractivity contribution in [3.05, 3.63) is 94.3 Å². The van der Waals surface area contributed by atoms with E-state index in [1.807, 2.05) is 80.6 Å². The number of rotatable bonds is 5. The van der Waals surface area contributed by atoms with Gasteiger partial charge in [0.05, 0.1) is 22.3 Å². The number of nitrogens with zero attached hydrogens (tertiary/aromatic N) is 2. The SMILES string of the molecule is Cc1ccc(-n2c(SCC(=O)Nc3ccccc3)nc3ccccc3c2=O)c(C)c1. The van der Waals surface area contributed by atoms with Gasteiger partial charge in [-0.1, -0.05) is 59.8 Å². The molecule has 0 aliphatic heterocycles. The molecule has 0 aliphatic carbocycles. The van der Waals surface area contributed by atoms with Gasteiger partial charge in [-0.15, -0.1) is 0 Å². The molecule has 0 unspecified atom stereocenters. The molecule has 0 aliphatic rings. The minimum absolute atomic E-state index is 0.140. The minimum Gasteiger partial charge on any atom is -0.325 e. The number of fused-ring (bicyclic) bond motifs is 1. The van der Waals surface area contributed by atoms with E-state index >= 15 is 0 Å². The van der Waals surface area contributed by atoms with Crippen LogP contribution in [0.1, 0.15) is 11.1 Å². The van der Waals surface area contributed by atoms with Crippen molar-refractivity contribution in [1.29, 1.82) is 0 Å². The van der Waals surface area contributed by atoms with Crippen LogP contribution in [0.4, 0.5) is 5.69 Å². The summed E-state index contributed by atoms with van der Waals surface area (Å²) >= 11 is 1.25. The van der Waals surface area contributed by atoms with Crippen molar-refractivity contribution < 1.29 is 4.79 Å². The number of hydrogen-bond donors (Lipinski definition) is 1. The molecule has 1 aromatic heterocycles. The number of carbonyl (C=O) groups is 1. The Hall–Kier alpha value is -3.38. The van der Waals surface area contributed by atoms with Crippen LogP contribution >= 0.6 is 11.8 Å². The molecular weight excluding hydrogens is 394 g/mol. The van der Waals surface area contributed by atoms with Crippen molar-refractivity contribution in [2.45, 2.75) is 19.0 Å².